The maximum Gasteiger partial charge on any atom is 0.222 e. The Kier molecular flexibility index (Phi) is 4.32. The molecule has 78 valence electrons. The van der Waals surface area contributed by atoms with Crippen LogP contribution in [0.15, 0.2) is 12.4 Å². The van der Waals surface area contributed by atoms with E-state index in [1.807, 2.05) is 6.92 Å². The standard InChI is InChI=1S/C10H17N3O/c1-8-4-11-10(12-5-8)13-6-9(2)7-14-3/h4-5,9H,6-7H2,1-3H3,(H,11,12,13). The molecule has 0 saturated heterocycles. The van der Waals surface area contributed by atoms with Gasteiger partial charge in [-0.2, -0.15) is 0 Å². The Balaban J connectivity index is 2.34. The summed E-state index contributed by atoms with van der Waals surface area (Å²) in [5.41, 5.74) is 1.07. The number of aromatic nitrogens is 2. The third kappa shape index (κ3) is 3.70. The topological polar surface area (TPSA) is 47.0 Å². The van der Waals surface area contributed by atoms with E-state index < -0.39 is 0 Å². The molecule has 1 unspecified atom stereocenters. The molecular formula is C10H17N3O. The normalized spacial score (nSPS) is 12.5. The molecule has 0 aliphatic carbocycles. The number of methoxy groups -OCH3 is 1. The third-order valence-corrected chi connectivity index (χ3v) is 1.84. The molecule has 0 saturated carbocycles. The van der Waals surface area contributed by atoms with Gasteiger partial charge in [0.2, 0.25) is 5.95 Å². The molecule has 14 heavy (non-hydrogen) atoms. The molecule has 1 atom stereocenters. The molecule has 0 radical (unpaired) electrons. The van der Waals surface area contributed by atoms with Crippen molar-refractivity contribution in [2.75, 3.05) is 25.6 Å². The van der Waals surface area contributed by atoms with Gasteiger partial charge in [0.15, 0.2) is 0 Å². The molecule has 1 aromatic rings. The average Bonchev–Trinajstić information content (AvgIpc) is 2.17. The third-order valence-electron chi connectivity index (χ3n) is 1.84. The lowest BCUT2D eigenvalue weighted by Gasteiger charge is -2.10. The average molecular weight is 195 g/mol. The Morgan fingerprint density at radius 3 is 2.64 bits per heavy atom. The van der Waals surface area contributed by atoms with Crippen LogP contribution in [0.1, 0.15) is 12.5 Å². The van der Waals surface area contributed by atoms with Gasteiger partial charge in [-0.3, -0.25) is 0 Å². The van der Waals surface area contributed by atoms with E-state index in [1.54, 1.807) is 19.5 Å². The van der Waals surface area contributed by atoms with Crippen molar-refractivity contribution in [1.29, 1.82) is 0 Å². The molecule has 0 spiro atoms. The van der Waals surface area contributed by atoms with E-state index in [4.69, 9.17) is 4.74 Å². The Morgan fingerprint density at radius 2 is 2.07 bits per heavy atom. The van der Waals surface area contributed by atoms with Gasteiger partial charge in [0, 0.05) is 26.0 Å². The van der Waals surface area contributed by atoms with Crippen LogP contribution in [0, 0.1) is 12.8 Å². The maximum atomic E-state index is 5.03. The summed E-state index contributed by atoms with van der Waals surface area (Å²) in [7, 11) is 1.71. The lowest BCUT2D eigenvalue weighted by Crippen LogP contribution is -2.17. The highest BCUT2D eigenvalue weighted by Gasteiger charge is 2.01. The molecule has 0 aromatic carbocycles. The highest BCUT2D eigenvalue weighted by atomic mass is 16.5. The van der Waals surface area contributed by atoms with Crippen molar-refractivity contribution in [1.82, 2.24) is 9.97 Å². The van der Waals surface area contributed by atoms with Crippen LogP contribution in [0.3, 0.4) is 0 Å². The first-order valence-electron chi connectivity index (χ1n) is 4.74. The molecule has 1 aromatic heterocycles. The number of aryl methyl sites for hydroxylation is 1. The smallest absolute Gasteiger partial charge is 0.222 e. The number of hydrogen-bond donors (Lipinski definition) is 1. The monoisotopic (exact) mass is 195 g/mol. The zero-order chi connectivity index (χ0) is 10.4. The van der Waals surface area contributed by atoms with Gasteiger partial charge in [-0.1, -0.05) is 6.92 Å². The SMILES string of the molecule is COCC(C)CNc1ncc(C)cn1. The van der Waals surface area contributed by atoms with Gasteiger partial charge >= 0.3 is 0 Å². The van der Waals surface area contributed by atoms with Crippen LogP contribution in [0.2, 0.25) is 0 Å². The van der Waals surface area contributed by atoms with Gasteiger partial charge in [-0.05, 0) is 18.4 Å². The van der Waals surface area contributed by atoms with Gasteiger partial charge in [0.25, 0.3) is 0 Å². The molecule has 4 heteroatoms. The molecule has 0 bridgehead atoms. The molecule has 1 heterocycles. The minimum Gasteiger partial charge on any atom is -0.384 e. The maximum absolute atomic E-state index is 5.03. The fourth-order valence-electron chi connectivity index (χ4n) is 1.09. The van der Waals surface area contributed by atoms with E-state index in [-0.39, 0.29) is 0 Å². The summed E-state index contributed by atoms with van der Waals surface area (Å²) < 4.78 is 5.03. The van der Waals surface area contributed by atoms with Crippen LogP contribution < -0.4 is 5.32 Å². The first kappa shape index (κ1) is 10.9. The Bertz CT molecular complexity index is 261. The van der Waals surface area contributed by atoms with E-state index in [0.717, 1.165) is 18.7 Å². The molecule has 1 rings (SSSR count). The van der Waals surface area contributed by atoms with Crippen molar-refractivity contribution in [3.63, 3.8) is 0 Å². The fourth-order valence-corrected chi connectivity index (χ4v) is 1.09. The first-order chi connectivity index (χ1) is 6.72. The van der Waals surface area contributed by atoms with Gasteiger partial charge < -0.3 is 10.1 Å². The van der Waals surface area contributed by atoms with E-state index in [1.165, 1.54) is 0 Å². The lowest BCUT2D eigenvalue weighted by molar-refractivity contribution is 0.164. The highest BCUT2D eigenvalue weighted by molar-refractivity contribution is 5.24. The van der Waals surface area contributed by atoms with Crippen molar-refractivity contribution in [3.05, 3.63) is 18.0 Å². The molecule has 4 nitrogen and oxygen atoms in total. The lowest BCUT2D eigenvalue weighted by atomic mass is 10.2. The number of nitrogens with zero attached hydrogens (tertiary/aromatic N) is 2. The van der Waals surface area contributed by atoms with E-state index in [0.29, 0.717) is 11.9 Å². The summed E-state index contributed by atoms with van der Waals surface area (Å²) in [5, 5.41) is 3.15. The van der Waals surface area contributed by atoms with Crippen molar-refractivity contribution >= 4 is 5.95 Å². The fraction of sp³-hybridized carbons (Fsp3) is 0.600. The molecular weight excluding hydrogens is 178 g/mol. The number of anilines is 1. The van der Waals surface area contributed by atoms with Crippen LogP contribution >= 0.6 is 0 Å². The summed E-state index contributed by atoms with van der Waals surface area (Å²) in [6, 6.07) is 0. The molecule has 0 aliphatic heterocycles. The zero-order valence-electron chi connectivity index (χ0n) is 8.95. The second kappa shape index (κ2) is 5.54. The molecule has 1 N–H and O–H groups in total. The number of ether oxygens (including phenoxy) is 1. The van der Waals surface area contributed by atoms with Gasteiger partial charge in [0.05, 0.1) is 6.61 Å². The highest BCUT2D eigenvalue weighted by Crippen LogP contribution is 2.01. The summed E-state index contributed by atoms with van der Waals surface area (Å²) in [5.74, 6) is 1.14. The van der Waals surface area contributed by atoms with Gasteiger partial charge in [-0.25, -0.2) is 9.97 Å². The van der Waals surface area contributed by atoms with Crippen molar-refractivity contribution in [2.24, 2.45) is 5.92 Å². The van der Waals surface area contributed by atoms with Crippen molar-refractivity contribution < 1.29 is 4.74 Å². The van der Waals surface area contributed by atoms with E-state index >= 15 is 0 Å². The van der Waals surface area contributed by atoms with Crippen molar-refractivity contribution in [3.8, 4) is 0 Å². The van der Waals surface area contributed by atoms with E-state index in [2.05, 4.69) is 22.2 Å². The van der Waals surface area contributed by atoms with Gasteiger partial charge in [0.1, 0.15) is 0 Å². The van der Waals surface area contributed by atoms with E-state index in [9.17, 15) is 0 Å². The van der Waals surface area contributed by atoms with Crippen LogP contribution in [0.4, 0.5) is 5.95 Å². The minimum absolute atomic E-state index is 0.463. The predicted molar refractivity (Wildman–Crippen MR) is 56.3 cm³/mol. The van der Waals surface area contributed by atoms with Crippen LogP contribution in [-0.4, -0.2) is 30.2 Å². The second-order valence-corrected chi connectivity index (χ2v) is 3.53. The zero-order valence-corrected chi connectivity index (χ0v) is 8.95. The second-order valence-electron chi connectivity index (χ2n) is 3.53. The number of rotatable bonds is 5. The summed E-state index contributed by atoms with van der Waals surface area (Å²) >= 11 is 0. The summed E-state index contributed by atoms with van der Waals surface area (Å²) in [6.07, 6.45) is 3.60. The quantitative estimate of drug-likeness (QED) is 0.773. The Labute approximate surface area is 84.7 Å². The molecule has 0 fully saturated rings. The van der Waals surface area contributed by atoms with Crippen molar-refractivity contribution in [2.45, 2.75) is 13.8 Å². The number of hydrogen-bond acceptors (Lipinski definition) is 4. The number of nitrogens with one attached hydrogen (secondary N) is 1. The predicted octanol–water partition coefficient (Wildman–Crippen LogP) is 1.48. The Hall–Kier alpha value is -1.16. The molecule has 0 aliphatic rings. The molecule has 0 amide bonds. The minimum atomic E-state index is 0.463. The first-order valence-corrected chi connectivity index (χ1v) is 4.74. The largest absolute Gasteiger partial charge is 0.384 e. The summed E-state index contributed by atoms with van der Waals surface area (Å²) in [6.45, 7) is 5.66. The van der Waals surface area contributed by atoms with Crippen LogP contribution in [0.5, 0.6) is 0 Å². The summed E-state index contributed by atoms with van der Waals surface area (Å²) in [4.78, 5) is 8.29. The van der Waals surface area contributed by atoms with Gasteiger partial charge in [-0.15, -0.1) is 0 Å². The van der Waals surface area contributed by atoms with Crippen LogP contribution in [-0.2, 0) is 4.74 Å². The Morgan fingerprint density at radius 1 is 1.43 bits per heavy atom. The van der Waals surface area contributed by atoms with Crippen LogP contribution in [0.25, 0.3) is 0 Å².